The smallest absolute Gasteiger partial charge is 0.325 e. The van der Waals surface area contributed by atoms with Gasteiger partial charge in [-0.3, -0.25) is 23.5 Å². The highest BCUT2D eigenvalue weighted by Gasteiger charge is 2.15. The lowest BCUT2D eigenvalue weighted by Crippen LogP contribution is -2.41. The van der Waals surface area contributed by atoms with E-state index < -0.39 is 11.6 Å². The zero-order valence-electron chi connectivity index (χ0n) is 16.5. The molecule has 0 aliphatic carbocycles. The monoisotopic (exact) mass is 393 g/mol. The molecule has 0 saturated carbocycles. The van der Waals surface area contributed by atoms with E-state index in [-0.39, 0.29) is 17.9 Å². The van der Waals surface area contributed by atoms with Gasteiger partial charge < -0.3 is 5.32 Å². The number of aromatic nitrogens is 2. The van der Waals surface area contributed by atoms with Crippen LogP contribution in [0.1, 0.15) is 37.0 Å². The van der Waals surface area contributed by atoms with Crippen molar-refractivity contribution in [2.45, 2.75) is 39.8 Å². The van der Waals surface area contributed by atoms with Gasteiger partial charge in [0.25, 0.3) is 5.56 Å². The Morgan fingerprint density at radius 1 is 1.00 bits per heavy atom. The molecule has 1 amide bonds. The van der Waals surface area contributed by atoms with Gasteiger partial charge in [-0.25, -0.2) is 4.79 Å². The molecule has 1 heterocycles. The predicted octanol–water partition coefficient (Wildman–Crippen LogP) is 2.80. The zero-order valence-corrected chi connectivity index (χ0v) is 16.5. The van der Waals surface area contributed by atoms with Gasteiger partial charge in [-0.1, -0.05) is 37.6 Å². The third-order valence-electron chi connectivity index (χ3n) is 4.72. The Labute approximate surface area is 167 Å². The van der Waals surface area contributed by atoms with Gasteiger partial charge in [-0.2, -0.15) is 0 Å². The number of anilines is 1. The summed E-state index contributed by atoms with van der Waals surface area (Å²) in [6.45, 7) is 3.50. The number of benzene rings is 2. The Morgan fingerprint density at radius 2 is 1.76 bits per heavy atom. The summed E-state index contributed by atoms with van der Waals surface area (Å²) in [7, 11) is 0. The highest BCUT2D eigenvalue weighted by molar-refractivity contribution is 5.97. The Balaban J connectivity index is 1.98. The molecule has 2 aromatic carbocycles. The van der Waals surface area contributed by atoms with Gasteiger partial charge in [0.05, 0.1) is 10.9 Å². The lowest BCUT2D eigenvalue weighted by Gasteiger charge is -2.14. The molecule has 0 fully saturated rings. The second-order valence-electron chi connectivity index (χ2n) is 6.88. The fourth-order valence-electron chi connectivity index (χ4n) is 3.20. The lowest BCUT2D eigenvalue weighted by molar-refractivity contribution is -0.116. The maximum absolute atomic E-state index is 12.9. The van der Waals surface area contributed by atoms with Crippen molar-refractivity contribution in [2.24, 2.45) is 0 Å². The Hall–Kier alpha value is -3.48. The van der Waals surface area contributed by atoms with E-state index in [0.29, 0.717) is 35.1 Å². The molecule has 0 atom stereocenters. The predicted molar refractivity (Wildman–Crippen MR) is 112 cm³/mol. The third-order valence-corrected chi connectivity index (χ3v) is 4.72. The molecule has 3 rings (SSSR count). The first kappa shape index (κ1) is 20.3. The average Bonchev–Trinajstić information content (AvgIpc) is 2.71. The molecule has 1 N–H and O–H groups in total. The fourth-order valence-corrected chi connectivity index (χ4v) is 3.20. The van der Waals surface area contributed by atoms with E-state index >= 15 is 0 Å². The van der Waals surface area contributed by atoms with E-state index in [1.165, 1.54) is 16.1 Å². The van der Waals surface area contributed by atoms with Gasteiger partial charge in [0.1, 0.15) is 6.54 Å². The highest BCUT2D eigenvalue weighted by atomic mass is 16.2. The van der Waals surface area contributed by atoms with Crippen LogP contribution in [0.3, 0.4) is 0 Å². The molecule has 0 aliphatic rings. The summed E-state index contributed by atoms with van der Waals surface area (Å²) < 4.78 is 2.51. The summed E-state index contributed by atoms with van der Waals surface area (Å²) in [4.78, 5) is 49.8. The fraction of sp³-hybridized carbons (Fsp3) is 0.273. The topological polar surface area (TPSA) is 90.2 Å². The molecule has 0 radical (unpaired) electrons. The summed E-state index contributed by atoms with van der Waals surface area (Å²) in [6.07, 6.45) is 1.53. The van der Waals surface area contributed by atoms with Gasteiger partial charge in [0.15, 0.2) is 5.78 Å². The Bertz CT molecular complexity index is 1190. The third kappa shape index (κ3) is 4.34. The molecular weight excluding hydrogens is 370 g/mol. The van der Waals surface area contributed by atoms with Crippen molar-refractivity contribution >= 4 is 28.3 Å². The second-order valence-corrected chi connectivity index (χ2v) is 6.88. The standard InChI is InChI=1S/C22H23N3O4/c1-3-4-12-24-21(28)18-10-5-6-11-19(18)25(22(24)29)14-20(27)23-17-9-7-8-16(13-17)15(2)26/h5-11,13H,3-4,12,14H2,1-2H3,(H,23,27). The number of hydrogen-bond acceptors (Lipinski definition) is 4. The normalized spacial score (nSPS) is 10.8. The number of Topliss-reactive ketones (excluding diaryl/α,β-unsaturated/α-hetero) is 1. The highest BCUT2D eigenvalue weighted by Crippen LogP contribution is 2.12. The largest absolute Gasteiger partial charge is 0.331 e. The minimum atomic E-state index is -0.505. The summed E-state index contributed by atoms with van der Waals surface area (Å²) in [5.41, 5.74) is 0.528. The lowest BCUT2D eigenvalue weighted by atomic mass is 10.1. The van der Waals surface area contributed by atoms with Crippen molar-refractivity contribution in [2.75, 3.05) is 5.32 Å². The van der Waals surface area contributed by atoms with Crippen LogP contribution in [0.5, 0.6) is 0 Å². The van der Waals surface area contributed by atoms with Crippen LogP contribution in [0.15, 0.2) is 58.1 Å². The molecule has 0 unspecified atom stereocenters. The van der Waals surface area contributed by atoms with Crippen LogP contribution in [0.2, 0.25) is 0 Å². The number of carbonyl (C=O) groups excluding carboxylic acids is 2. The van der Waals surface area contributed by atoms with Gasteiger partial charge >= 0.3 is 5.69 Å². The average molecular weight is 393 g/mol. The molecule has 7 nitrogen and oxygen atoms in total. The van der Waals surface area contributed by atoms with Crippen molar-refractivity contribution in [3.05, 3.63) is 74.9 Å². The van der Waals surface area contributed by atoms with E-state index in [9.17, 15) is 19.2 Å². The number of unbranched alkanes of at least 4 members (excludes halogenated alkanes) is 1. The van der Waals surface area contributed by atoms with Crippen molar-refractivity contribution in [3.8, 4) is 0 Å². The first-order valence-electron chi connectivity index (χ1n) is 9.55. The first-order chi connectivity index (χ1) is 13.9. The molecule has 0 spiro atoms. The van der Waals surface area contributed by atoms with Gasteiger partial charge in [0, 0.05) is 17.8 Å². The SMILES string of the molecule is CCCCn1c(=O)c2ccccc2n(CC(=O)Nc2cccc(C(C)=O)c2)c1=O. The number of amides is 1. The van der Waals surface area contributed by atoms with Crippen LogP contribution in [0.4, 0.5) is 5.69 Å². The number of rotatable bonds is 7. The van der Waals surface area contributed by atoms with Crippen LogP contribution in [-0.4, -0.2) is 20.8 Å². The summed E-state index contributed by atoms with van der Waals surface area (Å²) in [6, 6.07) is 13.4. The maximum atomic E-state index is 12.9. The van der Waals surface area contributed by atoms with E-state index in [4.69, 9.17) is 0 Å². The first-order valence-corrected chi connectivity index (χ1v) is 9.55. The molecule has 0 bridgehead atoms. The summed E-state index contributed by atoms with van der Waals surface area (Å²) in [5.74, 6) is -0.523. The van der Waals surface area contributed by atoms with Gasteiger partial charge in [-0.05, 0) is 37.6 Å². The quantitative estimate of drug-likeness (QED) is 0.625. The minimum absolute atomic E-state index is 0.105. The number of para-hydroxylation sites is 1. The van der Waals surface area contributed by atoms with E-state index in [1.807, 2.05) is 6.92 Å². The van der Waals surface area contributed by atoms with Crippen molar-refractivity contribution in [3.63, 3.8) is 0 Å². The molecule has 0 aliphatic heterocycles. The van der Waals surface area contributed by atoms with Crippen molar-refractivity contribution < 1.29 is 9.59 Å². The Morgan fingerprint density at radius 3 is 2.48 bits per heavy atom. The van der Waals surface area contributed by atoms with Crippen LogP contribution >= 0.6 is 0 Å². The number of carbonyl (C=O) groups is 2. The van der Waals surface area contributed by atoms with Crippen LogP contribution in [0.25, 0.3) is 10.9 Å². The van der Waals surface area contributed by atoms with Crippen molar-refractivity contribution in [1.29, 1.82) is 0 Å². The molecule has 0 saturated heterocycles. The van der Waals surface area contributed by atoms with Gasteiger partial charge in [0.2, 0.25) is 5.91 Å². The number of nitrogens with zero attached hydrogens (tertiary/aromatic N) is 2. The number of hydrogen-bond donors (Lipinski definition) is 1. The van der Waals surface area contributed by atoms with Crippen LogP contribution in [0, 0.1) is 0 Å². The van der Waals surface area contributed by atoms with E-state index in [2.05, 4.69) is 5.32 Å². The van der Waals surface area contributed by atoms with Crippen LogP contribution in [-0.2, 0) is 17.9 Å². The molecular formula is C22H23N3O4. The molecule has 150 valence electrons. The Kier molecular flexibility index (Phi) is 6.07. The summed E-state index contributed by atoms with van der Waals surface area (Å²) in [5, 5.41) is 3.11. The van der Waals surface area contributed by atoms with E-state index in [1.54, 1.807) is 48.5 Å². The second kappa shape index (κ2) is 8.68. The van der Waals surface area contributed by atoms with Crippen molar-refractivity contribution in [1.82, 2.24) is 9.13 Å². The number of fused-ring (bicyclic) bond motifs is 1. The maximum Gasteiger partial charge on any atom is 0.331 e. The molecule has 29 heavy (non-hydrogen) atoms. The number of ketones is 1. The molecule has 7 heteroatoms. The molecule has 3 aromatic rings. The van der Waals surface area contributed by atoms with Gasteiger partial charge in [-0.15, -0.1) is 0 Å². The minimum Gasteiger partial charge on any atom is -0.325 e. The van der Waals surface area contributed by atoms with Crippen LogP contribution < -0.4 is 16.6 Å². The zero-order chi connectivity index (χ0) is 21.0. The number of nitrogens with one attached hydrogen (secondary N) is 1. The molecule has 1 aromatic heterocycles. The summed E-state index contributed by atoms with van der Waals surface area (Å²) >= 11 is 0. The van der Waals surface area contributed by atoms with E-state index in [0.717, 1.165) is 6.42 Å².